The van der Waals surface area contributed by atoms with Crippen molar-refractivity contribution in [2.24, 2.45) is 0 Å². The Hall–Kier alpha value is -1.79. The van der Waals surface area contributed by atoms with Crippen LogP contribution in [0.25, 0.3) is 0 Å². The Balaban J connectivity index is 1.97. The maximum absolute atomic E-state index is 11.6. The number of urea groups is 1. The fourth-order valence-electron chi connectivity index (χ4n) is 1.82. The number of carboxylic acid groups (broad SMARTS) is 1. The Labute approximate surface area is 124 Å². The third-order valence-electron chi connectivity index (χ3n) is 3.27. The van der Waals surface area contributed by atoms with Crippen molar-refractivity contribution in [2.75, 3.05) is 6.54 Å². The maximum atomic E-state index is 11.6. The van der Waals surface area contributed by atoms with Gasteiger partial charge in [0.2, 0.25) is 5.91 Å². The molecule has 1 aliphatic rings. The van der Waals surface area contributed by atoms with Crippen LogP contribution in [-0.2, 0) is 9.59 Å². The lowest BCUT2D eigenvalue weighted by atomic mass is 10.1. The number of hydrogen-bond donors (Lipinski definition) is 4. The van der Waals surface area contributed by atoms with Crippen LogP contribution in [0.1, 0.15) is 51.9 Å². The Morgan fingerprint density at radius 1 is 1.14 bits per heavy atom. The summed E-state index contributed by atoms with van der Waals surface area (Å²) in [4.78, 5) is 33.5. The summed E-state index contributed by atoms with van der Waals surface area (Å²) in [6, 6.07) is -0.601. The van der Waals surface area contributed by atoms with Crippen LogP contribution in [0, 0.1) is 0 Å². The zero-order valence-electron chi connectivity index (χ0n) is 12.5. The Kier molecular flexibility index (Phi) is 7.56. The SMILES string of the molecule is CC(NC(=O)NCCCCCCC(=O)O)C(=O)NC1CC1. The normalized spacial score (nSPS) is 15.1. The van der Waals surface area contributed by atoms with Gasteiger partial charge in [0.25, 0.3) is 0 Å². The van der Waals surface area contributed by atoms with E-state index in [0.717, 1.165) is 32.1 Å². The summed E-state index contributed by atoms with van der Waals surface area (Å²) in [7, 11) is 0. The molecule has 0 spiro atoms. The van der Waals surface area contributed by atoms with Gasteiger partial charge in [-0.3, -0.25) is 9.59 Å². The van der Waals surface area contributed by atoms with E-state index in [2.05, 4.69) is 16.0 Å². The molecular formula is C14H25N3O4. The van der Waals surface area contributed by atoms with Crippen LogP contribution in [0.5, 0.6) is 0 Å². The van der Waals surface area contributed by atoms with E-state index in [0.29, 0.717) is 13.0 Å². The lowest BCUT2D eigenvalue weighted by Crippen LogP contribution is -2.49. The fourth-order valence-corrected chi connectivity index (χ4v) is 1.82. The standard InChI is InChI=1S/C14H25N3O4/c1-10(13(20)17-11-7-8-11)16-14(21)15-9-5-3-2-4-6-12(18)19/h10-11H,2-9H2,1H3,(H,17,20)(H,18,19)(H2,15,16,21). The third-order valence-corrected chi connectivity index (χ3v) is 3.27. The van der Waals surface area contributed by atoms with Crippen LogP contribution in [-0.4, -0.2) is 41.6 Å². The zero-order valence-corrected chi connectivity index (χ0v) is 12.5. The van der Waals surface area contributed by atoms with Crippen molar-refractivity contribution >= 4 is 17.9 Å². The van der Waals surface area contributed by atoms with E-state index in [1.54, 1.807) is 6.92 Å². The molecule has 21 heavy (non-hydrogen) atoms. The summed E-state index contributed by atoms with van der Waals surface area (Å²) in [6.45, 7) is 2.18. The minimum Gasteiger partial charge on any atom is -0.481 e. The van der Waals surface area contributed by atoms with Crippen LogP contribution in [0.15, 0.2) is 0 Å². The lowest BCUT2D eigenvalue weighted by molar-refractivity contribution is -0.137. The monoisotopic (exact) mass is 299 g/mol. The van der Waals surface area contributed by atoms with Gasteiger partial charge in [0.1, 0.15) is 6.04 Å². The van der Waals surface area contributed by atoms with Crippen LogP contribution in [0.3, 0.4) is 0 Å². The largest absolute Gasteiger partial charge is 0.481 e. The highest BCUT2D eigenvalue weighted by Gasteiger charge is 2.26. The molecule has 120 valence electrons. The second kappa shape index (κ2) is 9.20. The average Bonchev–Trinajstić information content (AvgIpc) is 3.21. The Morgan fingerprint density at radius 3 is 2.43 bits per heavy atom. The summed E-state index contributed by atoms with van der Waals surface area (Å²) in [5.41, 5.74) is 0. The lowest BCUT2D eigenvalue weighted by Gasteiger charge is -2.14. The number of unbranched alkanes of at least 4 members (excludes halogenated alkanes) is 3. The molecule has 0 saturated heterocycles. The number of hydrogen-bond acceptors (Lipinski definition) is 3. The highest BCUT2D eigenvalue weighted by atomic mass is 16.4. The second-order valence-corrected chi connectivity index (χ2v) is 5.46. The summed E-state index contributed by atoms with van der Waals surface area (Å²) >= 11 is 0. The predicted octanol–water partition coefficient (Wildman–Crippen LogP) is 0.988. The molecule has 4 N–H and O–H groups in total. The molecule has 0 bridgehead atoms. The van der Waals surface area contributed by atoms with Crippen molar-refractivity contribution in [3.05, 3.63) is 0 Å². The molecule has 3 amide bonds. The van der Waals surface area contributed by atoms with E-state index in [1.165, 1.54) is 0 Å². The minimum absolute atomic E-state index is 0.152. The first-order valence-electron chi connectivity index (χ1n) is 7.55. The molecule has 0 aromatic rings. The van der Waals surface area contributed by atoms with E-state index < -0.39 is 12.0 Å². The highest BCUT2D eigenvalue weighted by Crippen LogP contribution is 2.18. The number of amides is 3. The first kappa shape index (κ1) is 17.3. The number of rotatable bonds is 10. The quantitative estimate of drug-likeness (QED) is 0.451. The molecule has 0 radical (unpaired) electrons. The van der Waals surface area contributed by atoms with Gasteiger partial charge in [-0.05, 0) is 32.6 Å². The van der Waals surface area contributed by atoms with E-state index in [4.69, 9.17) is 5.11 Å². The highest BCUT2D eigenvalue weighted by molar-refractivity contribution is 5.86. The van der Waals surface area contributed by atoms with Gasteiger partial charge in [0, 0.05) is 19.0 Å². The number of aliphatic carboxylic acids is 1. The molecule has 0 aliphatic heterocycles. The van der Waals surface area contributed by atoms with E-state index in [-0.39, 0.29) is 24.4 Å². The van der Waals surface area contributed by atoms with Gasteiger partial charge in [-0.15, -0.1) is 0 Å². The molecule has 1 saturated carbocycles. The number of carbonyl (C=O) groups is 3. The average molecular weight is 299 g/mol. The van der Waals surface area contributed by atoms with E-state index >= 15 is 0 Å². The molecule has 0 aromatic carbocycles. The van der Waals surface area contributed by atoms with Gasteiger partial charge in [0.15, 0.2) is 0 Å². The first-order valence-corrected chi connectivity index (χ1v) is 7.55. The smallest absolute Gasteiger partial charge is 0.315 e. The van der Waals surface area contributed by atoms with Gasteiger partial charge >= 0.3 is 12.0 Å². The van der Waals surface area contributed by atoms with E-state index in [9.17, 15) is 14.4 Å². The Bertz CT molecular complexity index is 369. The van der Waals surface area contributed by atoms with Crippen LogP contribution in [0.2, 0.25) is 0 Å². The molecule has 1 unspecified atom stereocenters. The number of carboxylic acids is 1. The Morgan fingerprint density at radius 2 is 1.81 bits per heavy atom. The molecule has 1 atom stereocenters. The van der Waals surface area contributed by atoms with Gasteiger partial charge in [0.05, 0.1) is 0 Å². The molecule has 1 fully saturated rings. The van der Waals surface area contributed by atoms with Crippen molar-refractivity contribution in [3.63, 3.8) is 0 Å². The second-order valence-electron chi connectivity index (χ2n) is 5.46. The van der Waals surface area contributed by atoms with E-state index in [1.807, 2.05) is 0 Å². The van der Waals surface area contributed by atoms with Crippen molar-refractivity contribution in [3.8, 4) is 0 Å². The van der Waals surface area contributed by atoms with Crippen LogP contribution < -0.4 is 16.0 Å². The van der Waals surface area contributed by atoms with Gasteiger partial charge in [-0.25, -0.2) is 4.79 Å². The van der Waals surface area contributed by atoms with Crippen LogP contribution >= 0.6 is 0 Å². The summed E-state index contributed by atoms with van der Waals surface area (Å²) in [5.74, 6) is -0.924. The van der Waals surface area contributed by atoms with Gasteiger partial charge in [-0.1, -0.05) is 12.8 Å². The number of nitrogens with one attached hydrogen (secondary N) is 3. The zero-order chi connectivity index (χ0) is 15.7. The minimum atomic E-state index is -0.772. The van der Waals surface area contributed by atoms with Crippen LogP contribution in [0.4, 0.5) is 4.79 Å². The molecule has 7 heteroatoms. The van der Waals surface area contributed by atoms with Crippen molar-refractivity contribution in [2.45, 2.75) is 64.0 Å². The summed E-state index contributed by atoms with van der Waals surface area (Å²) < 4.78 is 0. The fraction of sp³-hybridized carbons (Fsp3) is 0.786. The first-order chi connectivity index (χ1) is 9.99. The van der Waals surface area contributed by atoms with Crippen molar-refractivity contribution in [1.29, 1.82) is 0 Å². The topological polar surface area (TPSA) is 108 Å². The molecule has 1 aliphatic carbocycles. The maximum Gasteiger partial charge on any atom is 0.315 e. The van der Waals surface area contributed by atoms with Crippen molar-refractivity contribution in [1.82, 2.24) is 16.0 Å². The predicted molar refractivity (Wildman–Crippen MR) is 77.9 cm³/mol. The van der Waals surface area contributed by atoms with Crippen molar-refractivity contribution < 1.29 is 19.5 Å². The molecule has 7 nitrogen and oxygen atoms in total. The number of carbonyl (C=O) groups excluding carboxylic acids is 2. The molecular weight excluding hydrogens is 274 g/mol. The molecule has 1 rings (SSSR count). The molecule has 0 heterocycles. The third kappa shape index (κ3) is 8.88. The summed E-state index contributed by atoms with van der Waals surface area (Å²) in [6.07, 6.45) is 5.43. The molecule has 0 aromatic heterocycles. The van der Waals surface area contributed by atoms with Gasteiger partial charge in [-0.2, -0.15) is 0 Å². The van der Waals surface area contributed by atoms with Gasteiger partial charge < -0.3 is 21.1 Å². The summed E-state index contributed by atoms with van der Waals surface area (Å²) in [5, 5.41) is 16.6.